The molecule has 2 heterocycles. The van der Waals surface area contributed by atoms with Gasteiger partial charge in [0.15, 0.2) is 11.2 Å². The van der Waals surface area contributed by atoms with E-state index in [-0.39, 0.29) is 17.0 Å². The average molecular weight is 377 g/mol. The fourth-order valence-electron chi connectivity index (χ4n) is 2.83. The fourth-order valence-corrected chi connectivity index (χ4v) is 2.83. The van der Waals surface area contributed by atoms with Crippen molar-refractivity contribution in [1.82, 2.24) is 25.1 Å². The Kier molecular flexibility index (Phi) is 4.44. The Morgan fingerprint density at radius 3 is 2.57 bits per heavy atom. The lowest BCUT2D eigenvalue weighted by molar-refractivity contribution is 0.0947. The van der Waals surface area contributed by atoms with Crippen molar-refractivity contribution in [3.05, 3.63) is 87.7 Å². The predicted molar refractivity (Wildman–Crippen MR) is 101 cm³/mol. The highest BCUT2D eigenvalue weighted by molar-refractivity contribution is 5.98. The normalized spacial score (nSPS) is 10.9. The van der Waals surface area contributed by atoms with Gasteiger partial charge in [0.1, 0.15) is 5.82 Å². The van der Waals surface area contributed by atoms with Crippen LogP contribution in [0.1, 0.15) is 21.6 Å². The molecule has 0 aliphatic heterocycles. The summed E-state index contributed by atoms with van der Waals surface area (Å²) in [6, 6.07) is 13.4. The minimum Gasteiger partial charge on any atom is -0.346 e. The summed E-state index contributed by atoms with van der Waals surface area (Å²) in [4.78, 5) is 27.7. The Bertz CT molecular complexity index is 1210. The van der Waals surface area contributed by atoms with E-state index < -0.39 is 11.5 Å². The van der Waals surface area contributed by atoms with Crippen molar-refractivity contribution in [1.29, 1.82) is 0 Å². The van der Waals surface area contributed by atoms with Gasteiger partial charge in [-0.25, -0.2) is 8.91 Å². The van der Waals surface area contributed by atoms with Crippen molar-refractivity contribution in [3.8, 4) is 11.3 Å². The van der Waals surface area contributed by atoms with Gasteiger partial charge in [0.25, 0.3) is 11.5 Å². The second-order valence-corrected chi connectivity index (χ2v) is 6.40. The number of H-pyrrole nitrogens is 1. The predicted octanol–water partition coefficient (Wildman–Crippen LogP) is 2.46. The van der Waals surface area contributed by atoms with Gasteiger partial charge in [0.05, 0.1) is 11.9 Å². The summed E-state index contributed by atoms with van der Waals surface area (Å²) in [7, 11) is 0. The first-order chi connectivity index (χ1) is 13.5. The molecule has 0 aliphatic rings. The lowest BCUT2D eigenvalue weighted by Crippen LogP contribution is -2.25. The molecule has 0 aliphatic carbocycles. The number of nitrogens with one attached hydrogen (secondary N) is 2. The van der Waals surface area contributed by atoms with Gasteiger partial charge in [0, 0.05) is 6.54 Å². The molecule has 0 fully saturated rings. The lowest BCUT2D eigenvalue weighted by atomic mass is 10.1. The molecule has 7 nitrogen and oxygen atoms in total. The third-order valence-corrected chi connectivity index (χ3v) is 4.35. The monoisotopic (exact) mass is 377 g/mol. The Hall–Kier alpha value is -3.81. The van der Waals surface area contributed by atoms with Crippen LogP contribution in [0.3, 0.4) is 0 Å². The summed E-state index contributed by atoms with van der Waals surface area (Å²) in [5.74, 6) is -0.865. The molecule has 4 aromatic rings. The number of halogens is 1. The molecular formula is C20H16FN5O2. The van der Waals surface area contributed by atoms with E-state index in [0.717, 1.165) is 11.1 Å². The van der Waals surface area contributed by atoms with E-state index in [1.807, 2.05) is 31.2 Å². The number of aromatic nitrogens is 4. The lowest BCUT2D eigenvalue weighted by Gasteiger charge is -2.05. The Morgan fingerprint density at radius 1 is 1.14 bits per heavy atom. The highest BCUT2D eigenvalue weighted by atomic mass is 19.1. The number of amides is 1. The SMILES string of the molecule is Cc1ccc(CNC(=O)c2nnn3cc(-c4ccc(F)cc4)[nH]c(=O)c23)cc1. The van der Waals surface area contributed by atoms with Gasteiger partial charge in [-0.15, -0.1) is 5.10 Å². The zero-order valence-corrected chi connectivity index (χ0v) is 14.9. The molecule has 2 aromatic carbocycles. The van der Waals surface area contributed by atoms with Crippen LogP contribution in [0.4, 0.5) is 4.39 Å². The second-order valence-electron chi connectivity index (χ2n) is 6.40. The van der Waals surface area contributed by atoms with Gasteiger partial charge in [-0.05, 0) is 42.3 Å². The number of hydrogen-bond acceptors (Lipinski definition) is 4. The first kappa shape index (κ1) is 17.6. The maximum Gasteiger partial charge on any atom is 0.276 e. The van der Waals surface area contributed by atoms with Crippen LogP contribution in [0, 0.1) is 12.7 Å². The molecule has 28 heavy (non-hydrogen) atoms. The van der Waals surface area contributed by atoms with Crippen LogP contribution >= 0.6 is 0 Å². The molecule has 0 atom stereocenters. The molecule has 2 aromatic heterocycles. The largest absolute Gasteiger partial charge is 0.346 e. The number of carbonyl (C=O) groups is 1. The zero-order valence-electron chi connectivity index (χ0n) is 14.9. The summed E-state index contributed by atoms with van der Waals surface area (Å²) < 4.78 is 14.3. The summed E-state index contributed by atoms with van der Waals surface area (Å²) in [5, 5.41) is 10.5. The van der Waals surface area contributed by atoms with Crippen LogP contribution in [-0.4, -0.2) is 25.7 Å². The van der Waals surface area contributed by atoms with Gasteiger partial charge in [-0.2, -0.15) is 0 Å². The number of benzene rings is 2. The van der Waals surface area contributed by atoms with Gasteiger partial charge in [0.2, 0.25) is 0 Å². The maximum absolute atomic E-state index is 13.1. The van der Waals surface area contributed by atoms with E-state index in [1.54, 1.807) is 12.1 Å². The van der Waals surface area contributed by atoms with E-state index in [9.17, 15) is 14.0 Å². The van der Waals surface area contributed by atoms with Crippen LogP contribution < -0.4 is 10.9 Å². The minimum absolute atomic E-state index is 0.0484. The van der Waals surface area contributed by atoms with Gasteiger partial charge in [-0.3, -0.25) is 9.59 Å². The molecule has 1 amide bonds. The van der Waals surface area contributed by atoms with E-state index in [4.69, 9.17) is 0 Å². The van der Waals surface area contributed by atoms with E-state index in [2.05, 4.69) is 20.6 Å². The van der Waals surface area contributed by atoms with Crippen LogP contribution in [0.25, 0.3) is 16.8 Å². The first-order valence-electron chi connectivity index (χ1n) is 8.59. The summed E-state index contributed by atoms with van der Waals surface area (Å²) >= 11 is 0. The van der Waals surface area contributed by atoms with E-state index in [1.165, 1.54) is 22.8 Å². The van der Waals surface area contributed by atoms with Crippen molar-refractivity contribution in [3.63, 3.8) is 0 Å². The Labute approximate surface area is 158 Å². The molecule has 140 valence electrons. The standard InChI is InChI=1S/C20H16FN5O2/c1-12-2-4-13(5-3-12)10-22-19(27)17-18-20(28)23-16(11-26(18)25-24-17)14-6-8-15(21)9-7-14/h2-9,11H,10H2,1H3,(H,22,27)(H,23,28). The first-order valence-corrected chi connectivity index (χ1v) is 8.59. The zero-order chi connectivity index (χ0) is 19.7. The third kappa shape index (κ3) is 3.39. The van der Waals surface area contributed by atoms with Crippen molar-refractivity contribution in [2.45, 2.75) is 13.5 Å². The van der Waals surface area contributed by atoms with Crippen LogP contribution in [0.2, 0.25) is 0 Å². The van der Waals surface area contributed by atoms with Crippen LogP contribution in [-0.2, 0) is 6.54 Å². The summed E-state index contributed by atoms with van der Waals surface area (Å²) in [6.45, 7) is 2.29. The highest BCUT2D eigenvalue weighted by Crippen LogP contribution is 2.16. The minimum atomic E-state index is -0.507. The molecule has 0 spiro atoms. The van der Waals surface area contributed by atoms with Crippen molar-refractivity contribution < 1.29 is 9.18 Å². The molecule has 0 saturated heterocycles. The number of hydrogen-bond donors (Lipinski definition) is 2. The topological polar surface area (TPSA) is 92.2 Å². The van der Waals surface area contributed by atoms with Gasteiger partial charge in [-0.1, -0.05) is 35.0 Å². The Balaban J connectivity index is 1.61. The number of fused-ring (bicyclic) bond motifs is 1. The number of carbonyl (C=O) groups excluding carboxylic acids is 1. The van der Waals surface area contributed by atoms with Crippen molar-refractivity contribution in [2.24, 2.45) is 0 Å². The number of aromatic amines is 1. The van der Waals surface area contributed by atoms with Gasteiger partial charge < -0.3 is 10.3 Å². The fraction of sp³-hybridized carbons (Fsp3) is 0.100. The van der Waals surface area contributed by atoms with E-state index in [0.29, 0.717) is 17.8 Å². The molecule has 2 N–H and O–H groups in total. The third-order valence-electron chi connectivity index (χ3n) is 4.35. The van der Waals surface area contributed by atoms with Crippen molar-refractivity contribution in [2.75, 3.05) is 0 Å². The van der Waals surface area contributed by atoms with Crippen molar-refractivity contribution >= 4 is 11.4 Å². The van der Waals surface area contributed by atoms with E-state index >= 15 is 0 Å². The van der Waals surface area contributed by atoms with Crippen LogP contribution in [0.15, 0.2) is 59.5 Å². The smallest absolute Gasteiger partial charge is 0.276 e. The number of aryl methyl sites for hydroxylation is 1. The number of nitrogens with zero attached hydrogens (tertiary/aromatic N) is 3. The molecule has 0 radical (unpaired) electrons. The van der Waals surface area contributed by atoms with Gasteiger partial charge >= 0.3 is 0 Å². The molecule has 0 unspecified atom stereocenters. The molecule has 0 saturated carbocycles. The summed E-state index contributed by atoms with van der Waals surface area (Å²) in [5.41, 5.74) is 2.60. The summed E-state index contributed by atoms with van der Waals surface area (Å²) in [6.07, 6.45) is 1.54. The Morgan fingerprint density at radius 2 is 1.86 bits per heavy atom. The average Bonchev–Trinajstić information content (AvgIpc) is 3.12. The molecular weight excluding hydrogens is 361 g/mol. The quantitative estimate of drug-likeness (QED) is 0.571. The molecule has 0 bridgehead atoms. The molecule has 8 heteroatoms. The number of rotatable bonds is 4. The highest BCUT2D eigenvalue weighted by Gasteiger charge is 2.18. The maximum atomic E-state index is 13.1. The molecule has 4 rings (SSSR count). The second kappa shape index (κ2) is 7.07. The van der Waals surface area contributed by atoms with Crippen LogP contribution in [0.5, 0.6) is 0 Å².